The number of rotatable bonds is 9. The molecule has 1 heterocycles. The van der Waals surface area contributed by atoms with Crippen molar-refractivity contribution >= 4 is 11.9 Å². The Kier molecular flexibility index (Phi) is 8.12. The molecule has 0 aromatic rings. The minimum atomic E-state index is -1.11. The third-order valence-electron chi connectivity index (χ3n) is 4.13. The van der Waals surface area contributed by atoms with Crippen LogP contribution in [0.2, 0.25) is 0 Å². The predicted molar refractivity (Wildman–Crippen MR) is 82.9 cm³/mol. The Hall–Kier alpha value is -1.40. The normalized spacial score (nSPS) is 18.6. The van der Waals surface area contributed by atoms with Crippen LogP contribution < -0.4 is 0 Å². The number of ether oxygens (including phenoxy) is 1. The predicted octanol–water partition coefficient (Wildman–Crippen LogP) is 2.00. The van der Waals surface area contributed by atoms with Crippen molar-refractivity contribution in [2.75, 3.05) is 32.8 Å². The fraction of sp³-hybridized carbons (Fsp3) is 0.750. The molecule has 0 spiro atoms. The van der Waals surface area contributed by atoms with E-state index in [-0.39, 0.29) is 17.1 Å². The van der Waals surface area contributed by atoms with Crippen LogP contribution in [-0.2, 0) is 14.3 Å². The number of carboxylic acid groups (broad SMARTS) is 2. The average molecular weight is 313 g/mol. The van der Waals surface area contributed by atoms with Gasteiger partial charge in [-0.2, -0.15) is 0 Å². The molecule has 1 aliphatic heterocycles. The van der Waals surface area contributed by atoms with Crippen molar-refractivity contribution in [2.45, 2.75) is 39.5 Å². The zero-order chi connectivity index (χ0) is 16.5. The minimum Gasteiger partial charge on any atom is -0.478 e. The molecule has 1 saturated heterocycles. The van der Waals surface area contributed by atoms with Crippen LogP contribution in [0, 0.1) is 5.92 Å². The molecular weight excluding hydrogens is 286 g/mol. The monoisotopic (exact) mass is 313 g/mol. The molecular formula is C16H27NO5. The SMILES string of the molecule is CCC(C)CC(C(=O)O)=C(CCCN1CCOCC1)C(=O)O. The fourth-order valence-corrected chi connectivity index (χ4v) is 2.52. The molecule has 126 valence electrons. The Labute approximate surface area is 131 Å². The van der Waals surface area contributed by atoms with Crippen LogP contribution in [0.3, 0.4) is 0 Å². The lowest BCUT2D eigenvalue weighted by atomic mass is 9.93. The Morgan fingerprint density at radius 3 is 2.23 bits per heavy atom. The summed E-state index contributed by atoms with van der Waals surface area (Å²) >= 11 is 0. The third kappa shape index (κ3) is 6.15. The van der Waals surface area contributed by atoms with Crippen LogP contribution in [-0.4, -0.2) is 59.9 Å². The third-order valence-corrected chi connectivity index (χ3v) is 4.13. The van der Waals surface area contributed by atoms with Gasteiger partial charge in [-0.25, -0.2) is 9.59 Å². The van der Waals surface area contributed by atoms with E-state index < -0.39 is 11.9 Å². The first-order valence-electron chi connectivity index (χ1n) is 7.94. The van der Waals surface area contributed by atoms with E-state index in [1.807, 2.05) is 13.8 Å². The first-order chi connectivity index (χ1) is 10.5. The number of carboxylic acids is 2. The van der Waals surface area contributed by atoms with Crippen LogP contribution in [0.5, 0.6) is 0 Å². The van der Waals surface area contributed by atoms with Crippen molar-refractivity contribution in [3.63, 3.8) is 0 Å². The van der Waals surface area contributed by atoms with E-state index in [1.165, 1.54) is 0 Å². The Morgan fingerprint density at radius 2 is 1.73 bits per heavy atom. The van der Waals surface area contributed by atoms with Crippen molar-refractivity contribution in [1.29, 1.82) is 0 Å². The lowest BCUT2D eigenvalue weighted by Crippen LogP contribution is -2.36. The van der Waals surface area contributed by atoms with Crippen molar-refractivity contribution in [3.8, 4) is 0 Å². The van der Waals surface area contributed by atoms with Gasteiger partial charge in [-0.1, -0.05) is 20.3 Å². The van der Waals surface area contributed by atoms with Crippen molar-refractivity contribution in [1.82, 2.24) is 4.90 Å². The number of hydrogen-bond acceptors (Lipinski definition) is 4. The van der Waals surface area contributed by atoms with E-state index in [4.69, 9.17) is 4.74 Å². The maximum atomic E-state index is 11.4. The molecule has 1 rings (SSSR count). The van der Waals surface area contributed by atoms with E-state index in [0.29, 0.717) is 32.5 Å². The summed E-state index contributed by atoms with van der Waals surface area (Å²) in [7, 11) is 0. The molecule has 0 aliphatic carbocycles. The number of carbonyl (C=O) groups is 2. The summed E-state index contributed by atoms with van der Waals surface area (Å²) in [5.74, 6) is -2.05. The number of morpholine rings is 1. The summed E-state index contributed by atoms with van der Waals surface area (Å²) in [6, 6.07) is 0. The Bertz CT molecular complexity index is 413. The molecule has 0 aromatic carbocycles. The number of nitrogens with zero attached hydrogens (tertiary/aromatic N) is 1. The fourth-order valence-electron chi connectivity index (χ4n) is 2.52. The molecule has 1 atom stereocenters. The van der Waals surface area contributed by atoms with Gasteiger partial charge >= 0.3 is 11.9 Å². The summed E-state index contributed by atoms with van der Waals surface area (Å²) in [4.78, 5) is 25.1. The minimum absolute atomic E-state index is 0.0565. The van der Waals surface area contributed by atoms with Gasteiger partial charge in [-0.05, 0) is 31.7 Å². The van der Waals surface area contributed by atoms with E-state index >= 15 is 0 Å². The highest BCUT2D eigenvalue weighted by atomic mass is 16.5. The van der Waals surface area contributed by atoms with Crippen molar-refractivity contribution in [2.24, 2.45) is 5.92 Å². The van der Waals surface area contributed by atoms with E-state index in [2.05, 4.69) is 4.90 Å². The molecule has 1 fully saturated rings. The first kappa shape index (κ1) is 18.6. The van der Waals surface area contributed by atoms with Gasteiger partial charge in [0.25, 0.3) is 0 Å². The zero-order valence-electron chi connectivity index (χ0n) is 13.5. The smallest absolute Gasteiger partial charge is 0.332 e. The Morgan fingerprint density at radius 1 is 1.14 bits per heavy atom. The summed E-state index contributed by atoms with van der Waals surface area (Å²) in [6.07, 6.45) is 2.09. The van der Waals surface area contributed by atoms with Crippen LogP contribution in [0.4, 0.5) is 0 Å². The average Bonchev–Trinajstić information content (AvgIpc) is 2.50. The summed E-state index contributed by atoms with van der Waals surface area (Å²) in [5.41, 5.74) is 0.116. The Balaban J connectivity index is 2.68. The lowest BCUT2D eigenvalue weighted by Gasteiger charge is -2.26. The van der Waals surface area contributed by atoms with Crippen LogP contribution in [0.1, 0.15) is 39.5 Å². The number of aliphatic carboxylic acids is 2. The summed E-state index contributed by atoms with van der Waals surface area (Å²) < 4.78 is 5.27. The first-order valence-corrected chi connectivity index (χ1v) is 7.94. The molecule has 0 aromatic heterocycles. The van der Waals surface area contributed by atoms with Gasteiger partial charge in [0.15, 0.2) is 0 Å². The van der Waals surface area contributed by atoms with Gasteiger partial charge in [0.05, 0.1) is 13.2 Å². The summed E-state index contributed by atoms with van der Waals surface area (Å²) in [5, 5.41) is 18.7. The molecule has 0 amide bonds. The maximum Gasteiger partial charge on any atom is 0.332 e. The van der Waals surface area contributed by atoms with E-state index in [1.54, 1.807) is 0 Å². The van der Waals surface area contributed by atoms with Crippen LogP contribution >= 0.6 is 0 Å². The summed E-state index contributed by atoms with van der Waals surface area (Å²) in [6.45, 7) is 7.80. The van der Waals surface area contributed by atoms with Gasteiger partial charge in [-0.15, -0.1) is 0 Å². The second-order valence-corrected chi connectivity index (χ2v) is 5.84. The zero-order valence-corrected chi connectivity index (χ0v) is 13.5. The second kappa shape index (κ2) is 9.58. The lowest BCUT2D eigenvalue weighted by molar-refractivity contribution is -0.136. The molecule has 0 bridgehead atoms. The van der Waals surface area contributed by atoms with Gasteiger partial charge in [0, 0.05) is 24.2 Å². The van der Waals surface area contributed by atoms with Gasteiger partial charge < -0.3 is 14.9 Å². The molecule has 1 aliphatic rings. The molecule has 1 unspecified atom stereocenters. The quantitative estimate of drug-likeness (QED) is 0.633. The highest BCUT2D eigenvalue weighted by Gasteiger charge is 2.22. The largest absolute Gasteiger partial charge is 0.478 e. The van der Waals surface area contributed by atoms with Gasteiger partial charge in [0.1, 0.15) is 0 Å². The van der Waals surface area contributed by atoms with E-state index in [0.717, 1.165) is 26.1 Å². The topological polar surface area (TPSA) is 87.1 Å². The molecule has 6 heteroatoms. The highest BCUT2D eigenvalue weighted by molar-refractivity contribution is 5.98. The molecule has 2 N–H and O–H groups in total. The maximum absolute atomic E-state index is 11.4. The number of hydrogen-bond donors (Lipinski definition) is 2. The van der Waals surface area contributed by atoms with Gasteiger partial charge in [0.2, 0.25) is 0 Å². The standard InChI is InChI=1S/C16H27NO5/c1-3-12(2)11-14(16(20)21)13(15(18)19)5-4-6-17-7-9-22-10-8-17/h12H,3-11H2,1-2H3,(H,18,19)(H,20,21). The molecule has 0 saturated carbocycles. The molecule has 0 radical (unpaired) electrons. The second-order valence-electron chi connectivity index (χ2n) is 5.84. The van der Waals surface area contributed by atoms with E-state index in [9.17, 15) is 19.8 Å². The van der Waals surface area contributed by atoms with Gasteiger partial charge in [-0.3, -0.25) is 4.90 Å². The van der Waals surface area contributed by atoms with Crippen LogP contribution in [0.25, 0.3) is 0 Å². The van der Waals surface area contributed by atoms with Crippen molar-refractivity contribution in [3.05, 3.63) is 11.1 Å². The highest BCUT2D eigenvalue weighted by Crippen LogP contribution is 2.21. The van der Waals surface area contributed by atoms with Crippen LogP contribution in [0.15, 0.2) is 11.1 Å². The van der Waals surface area contributed by atoms with Crippen molar-refractivity contribution < 1.29 is 24.5 Å². The molecule has 22 heavy (non-hydrogen) atoms. The molecule has 6 nitrogen and oxygen atoms in total.